The van der Waals surface area contributed by atoms with Crippen LogP contribution in [0.2, 0.25) is 0 Å². The first kappa shape index (κ1) is 12.4. The molecule has 1 amide bonds. The van der Waals surface area contributed by atoms with Gasteiger partial charge in [-0.25, -0.2) is 0 Å². The summed E-state index contributed by atoms with van der Waals surface area (Å²) in [6.45, 7) is 4.28. The maximum atomic E-state index is 12.0. The van der Waals surface area contributed by atoms with Crippen LogP contribution in [0.1, 0.15) is 32.6 Å². The highest BCUT2D eigenvalue weighted by atomic mass is 16.5. The second kappa shape index (κ2) is 5.05. The number of carbonyl (C=O) groups excluding carboxylic acids is 1. The number of nitrogens with zero attached hydrogens (tertiary/aromatic N) is 1. The molecule has 2 aliphatic rings. The lowest BCUT2D eigenvalue weighted by Crippen LogP contribution is -2.49. The molecule has 1 aliphatic heterocycles. The molecule has 1 heterocycles. The standard InChI is InChI=1S/C13H20N2O2/c1-13(8-17-9-13)7-15-12(16)11-4-2-3-10(5-11)6-14/h10-11H,2-5,7-9H2,1H3,(H,15,16)/t10-,11+/m0/s1. The summed E-state index contributed by atoms with van der Waals surface area (Å²) in [7, 11) is 0. The second-order valence-corrected chi connectivity index (χ2v) is 5.71. The fourth-order valence-corrected chi connectivity index (χ4v) is 2.54. The predicted molar refractivity (Wildman–Crippen MR) is 63.0 cm³/mol. The van der Waals surface area contributed by atoms with E-state index in [9.17, 15) is 4.79 Å². The van der Waals surface area contributed by atoms with Gasteiger partial charge in [-0.2, -0.15) is 5.26 Å². The quantitative estimate of drug-likeness (QED) is 0.807. The zero-order valence-electron chi connectivity index (χ0n) is 10.4. The van der Waals surface area contributed by atoms with Crippen molar-refractivity contribution in [1.29, 1.82) is 5.26 Å². The van der Waals surface area contributed by atoms with E-state index in [4.69, 9.17) is 10.00 Å². The molecule has 94 valence electrons. The zero-order chi connectivity index (χ0) is 12.3. The van der Waals surface area contributed by atoms with Crippen molar-refractivity contribution >= 4 is 5.91 Å². The number of ether oxygens (including phenoxy) is 1. The first-order valence-corrected chi connectivity index (χ1v) is 6.38. The zero-order valence-corrected chi connectivity index (χ0v) is 10.4. The van der Waals surface area contributed by atoms with Crippen LogP contribution in [-0.4, -0.2) is 25.7 Å². The van der Waals surface area contributed by atoms with Crippen LogP contribution in [0, 0.1) is 28.6 Å². The summed E-state index contributed by atoms with van der Waals surface area (Å²) in [6, 6.07) is 2.28. The highest BCUT2D eigenvalue weighted by Gasteiger charge is 2.35. The van der Waals surface area contributed by atoms with E-state index in [1.165, 1.54) is 0 Å². The molecule has 1 N–H and O–H groups in total. The minimum atomic E-state index is 0.0398. The van der Waals surface area contributed by atoms with E-state index in [-0.39, 0.29) is 23.2 Å². The number of amides is 1. The van der Waals surface area contributed by atoms with E-state index in [1.807, 2.05) is 0 Å². The molecule has 17 heavy (non-hydrogen) atoms. The second-order valence-electron chi connectivity index (χ2n) is 5.71. The van der Waals surface area contributed by atoms with Gasteiger partial charge in [0.2, 0.25) is 5.91 Å². The molecular weight excluding hydrogens is 216 g/mol. The summed E-state index contributed by atoms with van der Waals surface area (Å²) in [5, 5.41) is 11.9. The molecule has 4 heteroatoms. The van der Waals surface area contributed by atoms with Gasteiger partial charge in [0.25, 0.3) is 0 Å². The number of hydrogen-bond donors (Lipinski definition) is 1. The summed E-state index contributed by atoms with van der Waals surface area (Å²) >= 11 is 0. The Kier molecular flexibility index (Phi) is 3.68. The van der Waals surface area contributed by atoms with Gasteiger partial charge in [0, 0.05) is 23.8 Å². The Balaban J connectivity index is 1.77. The molecule has 0 aromatic heterocycles. The molecule has 1 aliphatic carbocycles. The summed E-state index contributed by atoms with van der Waals surface area (Å²) in [5.41, 5.74) is 0.124. The molecule has 4 nitrogen and oxygen atoms in total. The van der Waals surface area contributed by atoms with Crippen LogP contribution in [0.15, 0.2) is 0 Å². The molecule has 0 unspecified atom stereocenters. The molecule has 1 saturated heterocycles. The average Bonchev–Trinajstić information content (AvgIpc) is 2.33. The van der Waals surface area contributed by atoms with Crippen molar-refractivity contribution in [3.05, 3.63) is 0 Å². The lowest BCUT2D eigenvalue weighted by molar-refractivity contribution is -0.131. The first-order chi connectivity index (χ1) is 8.13. The van der Waals surface area contributed by atoms with Crippen molar-refractivity contribution in [2.24, 2.45) is 17.3 Å². The van der Waals surface area contributed by atoms with Crippen LogP contribution in [-0.2, 0) is 9.53 Å². The molecule has 0 bridgehead atoms. The maximum Gasteiger partial charge on any atom is 0.223 e. The Bertz CT molecular complexity index is 331. The third-order valence-electron chi connectivity index (χ3n) is 3.82. The van der Waals surface area contributed by atoms with Gasteiger partial charge in [-0.15, -0.1) is 0 Å². The van der Waals surface area contributed by atoms with Gasteiger partial charge < -0.3 is 10.1 Å². The van der Waals surface area contributed by atoms with Crippen LogP contribution >= 0.6 is 0 Å². The smallest absolute Gasteiger partial charge is 0.223 e. The molecule has 0 spiro atoms. The van der Waals surface area contributed by atoms with Crippen molar-refractivity contribution in [1.82, 2.24) is 5.32 Å². The molecule has 2 rings (SSSR count). The number of nitriles is 1. The number of hydrogen-bond acceptors (Lipinski definition) is 3. The fraction of sp³-hybridized carbons (Fsp3) is 0.846. The minimum Gasteiger partial charge on any atom is -0.380 e. The van der Waals surface area contributed by atoms with Gasteiger partial charge in [0.15, 0.2) is 0 Å². The molecule has 0 aromatic carbocycles. The van der Waals surface area contributed by atoms with Crippen molar-refractivity contribution < 1.29 is 9.53 Å². The van der Waals surface area contributed by atoms with Gasteiger partial charge in [0.1, 0.15) is 0 Å². The predicted octanol–water partition coefficient (Wildman–Crippen LogP) is 1.47. The Labute approximate surface area is 102 Å². The van der Waals surface area contributed by atoms with Crippen molar-refractivity contribution in [2.75, 3.05) is 19.8 Å². The van der Waals surface area contributed by atoms with Crippen LogP contribution in [0.25, 0.3) is 0 Å². The Morgan fingerprint density at radius 1 is 1.53 bits per heavy atom. The number of carbonyl (C=O) groups is 1. The molecule has 1 saturated carbocycles. The van der Waals surface area contributed by atoms with E-state index < -0.39 is 0 Å². The van der Waals surface area contributed by atoms with E-state index in [0.29, 0.717) is 6.54 Å². The summed E-state index contributed by atoms with van der Waals surface area (Å²) in [4.78, 5) is 12.0. The summed E-state index contributed by atoms with van der Waals surface area (Å²) in [5.74, 6) is 0.234. The van der Waals surface area contributed by atoms with E-state index in [0.717, 1.165) is 38.9 Å². The third kappa shape index (κ3) is 2.98. The Hall–Kier alpha value is -1.08. The van der Waals surface area contributed by atoms with Crippen LogP contribution in [0.5, 0.6) is 0 Å². The fourth-order valence-electron chi connectivity index (χ4n) is 2.54. The molecule has 0 aromatic rings. The maximum absolute atomic E-state index is 12.0. The first-order valence-electron chi connectivity index (χ1n) is 6.38. The molecule has 2 fully saturated rings. The van der Waals surface area contributed by atoms with Gasteiger partial charge in [-0.1, -0.05) is 13.3 Å². The SMILES string of the molecule is CC1(CNC(=O)[C@@H]2CCC[C@H](C#N)C2)COC1. The highest BCUT2D eigenvalue weighted by Crippen LogP contribution is 2.29. The van der Waals surface area contributed by atoms with E-state index in [2.05, 4.69) is 18.3 Å². The van der Waals surface area contributed by atoms with Gasteiger partial charge >= 0.3 is 0 Å². The minimum absolute atomic E-state index is 0.0398. The largest absolute Gasteiger partial charge is 0.380 e. The van der Waals surface area contributed by atoms with Crippen molar-refractivity contribution in [3.8, 4) is 6.07 Å². The lowest BCUT2D eigenvalue weighted by atomic mass is 9.81. The van der Waals surface area contributed by atoms with Crippen LogP contribution in [0.3, 0.4) is 0 Å². The van der Waals surface area contributed by atoms with Crippen molar-refractivity contribution in [2.45, 2.75) is 32.6 Å². The van der Waals surface area contributed by atoms with Gasteiger partial charge in [0.05, 0.1) is 19.3 Å². The monoisotopic (exact) mass is 236 g/mol. The Morgan fingerprint density at radius 3 is 2.88 bits per heavy atom. The summed E-state index contributed by atoms with van der Waals surface area (Å²) < 4.78 is 5.16. The highest BCUT2D eigenvalue weighted by molar-refractivity contribution is 5.78. The van der Waals surface area contributed by atoms with Crippen LogP contribution in [0.4, 0.5) is 0 Å². The van der Waals surface area contributed by atoms with E-state index >= 15 is 0 Å². The topological polar surface area (TPSA) is 62.1 Å². The summed E-state index contributed by atoms with van der Waals surface area (Å²) in [6.07, 6.45) is 3.61. The lowest BCUT2D eigenvalue weighted by Gasteiger charge is -2.38. The van der Waals surface area contributed by atoms with Gasteiger partial charge in [-0.05, 0) is 19.3 Å². The number of rotatable bonds is 3. The van der Waals surface area contributed by atoms with Gasteiger partial charge in [-0.3, -0.25) is 4.79 Å². The van der Waals surface area contributed by atoms with E-state index in [1.54, 1.807) is 0 Å². The van der Waals surface area contributed by atoms with Crippen LogP contribution < -0.4 is 5.32 Å². The van der Waals surface area contributed by atoms with Crippen molar-refractivity contribution in [3.63, 3.8) is 0 Å². The normalized spacial score (nSPS) is 31.1. The molecule has 2 atom stereocenters. The number of nitrogens with one attached hydrogen (secondary N) is 1. The Morgan fingerprint density at radius 2 is 2.29 bits per heavy atom. The molecule has 0 radical (unpaired) electrons. The third-order valence-corrected chi connectivity index (χ3v) is 3.82. The average molecular weight is 236 g/mol. The molecular formula is C13H20N2O2.